The molecule has 0 radical (unpaired) electrons. The van der Waals surface area contributed by atoms with Gasteiger partial charge in [0.15, 0.2) is 0 Å². The molecule has 2 atom stereocenters. The minimum atomic E-state index is -0.267. The molecule has 2 saturated heterocycles. The van der Waals surface area contributed by atoms with Crippen LogP contribution in [-0.4, -0.2) is 48.5 Å². The lowest BCUT2D eigenvalue weighted by atomic mass is 9.85. The summed E-state index contributed by atoms with van der Waals surface area (Å²) in [5, 5.41) is 0. The van der Waals surface area contributed by atoms with E-state index in [0.717, 1.165) is 32.5 Å². The first-order valence-electron chi connectivity index (χ1n) is 7.97. The van der Waals surface area contributed by atoms with Crippen molar-refractivity contribution in [2.24, 2.45) is 5.92 Å². The van der Waals surface area contributed by atoms with Gasteiger partial charge in [-0.1, -0.05) is 6.07 Å². The second-order valence-electron chi connectivity index (χ2n) is 6.21. The van der Waals surface area contributed by atoms with Gasteiger partial charge in [0.05, 0.1) is 13.2 Å². The van der Waals surface area contributed by atoms with Gasteiger partial charge in [0.1, 0.15) is 11.6 Å². The number of carbonyl (C=O) groups excluding carboxylic acids is 1. The van der Waals surface area contributed by atoms with Gasteiger partial charge in [-0.2, -0.15) is 0 Å². The van der Waals surface area contributed by atoms with Gasteiger partial charge in [0.2, 0.25) is 5.91 Å². The number of benzene rings is 1. The van der Waals surface area contributed by atoms with E-state index in [0.29, 0.717) is 23.8 Å². The number of carbonyl (C=O) groups is 1. The molecule has 0 saturated carbocycles. The fraction of sp³-hybridized carbons (Fsp3) is 0.588. The molecule has 0 unspecified atom stereocenters. The summed E-state index contributed by atoms with van der Waals surface area (Å²) in [5.41, 5.74) is 0.626. The Morgan fingerprint density at radius 3 is 2.91 bits per heavy atom. The molecule has 0 aromatic heterocycles. The number of amides is 1. The number of methoxy groups -OCH3 is 1. The van der Waals surface area contributed by atoms with Gasteiger partial charge < -0.3 is 9.64 Å². The Balaban J connectivity index is 1.76. The summed E-state index contributed by atoms with van der Waals surface area (Å²) >= 11 is 0. The molecular formula is C17H23FN2O2. The maximum Gasteiger partial charge on any atom is 0.239 e. The highest BCUT2D eigenvalue weighted by Crippen LogP contribution is 2.31. The summed E-state index contributed by atoms with van der Waals surface area (Å²) in [6.07, 6.45) is 1.99. The van der Waals surface area contributed by atoms with Crippen molar-refractivity contribution in [3.05, 3.63) is 29.6 Å². The number of hydrogen-bond acceptors (Lipinski definition) is 3. The number of ether oxygens (including phenoxy) is 1. The number of piperidine rings is 2. The molecule has 0 aliphatic carbocycles. The van der Waals surface area contributed by atoms with Crippen LogP contribution in [0.15, 0.2) is 18.2 Å². The van der Waals surface area contributed by atoms with Crippen molar-refractivity contribution in [2.45, 2.75) is 32.4 Å². The van der Waals surface area contributed by atoms with Crippen molar-refractivity contribution in [2.75, 3.05) is 26.7 Å². The monoisotopic (exact) mass is 306 g/mol. The Hall–Kier alpha value is -1.62. The van der Waals surface area contributed by atoms with Crippen LogP contribution in [0.1, 0.15) is 25.3 Å². The molecular weight excluding hydrogens is 283 g/mol. The molecule has 22 heavy (non-hydrogen) atoms. The number of nitrogens with zero attached hydrogens (tertiary/aromatic N) is 2. The van der Waals surface area contributed by atoms with E-state index in [-0.39, 0.29) is 17.8 Å². The highest BCUT2D eigenvalue weighted by atomic mass is 19.1. The molecule has 2 bridgehead atoms. The average molecular weight is 306 g/mol. The SMILES string of the molecule is CCN1C[C@H]2CCN(Cc3ccc(OC)cc3F)[C@H](C2)C1=O. The lowest BCUT2D eigenvalue weighted by Crippen LogP contribution is -2.58. The second kappa shape index (κ2) is 6.24. The van der Waals surface area contributed by atoms with Crippen molar-refractivity contribution in [3.63, 3.8) is 0 Å². The van der Waals surface area contributed by atoms with Crippen LogP contribution in [0.4, 0.5) is 4.39 Å². The third kappa shape index (κ3) is 2.82. The van der Waals surface area contributed by atoms with Crippen LogP contribution in [0.3, 0.4) is 0 Å². The molecule has 2 heterocycles. The van der Waals surface area contributed by atoms with E-state index < -0.39 is 0 Å². The van der Waals surface area contributed by atoms with E-state index in [1.165, 1.54) is 13.2 Å². The molecule has 120 valence electrons. The summed E-state index contributed by atoms with van der Waals surface area (Å²) in [5.74, 6) is 1.05. The van der Waals surface area contributed by atoms with Crippen LogP contribution in [0, 0.1) is 11.7 Å². The first-order chi connectivity index (χ1) is 10.6. The van der Waals surface area contributed by atoms with Gasteiger partial charge in [-0.15, -0.1) is 0 Å². The van der Waals surface area contributed by atoms with E-state index in [1.807, 2.05) is 11.8 Å². The Morgan fingerprint density at radius 1 is 1.41 bits per heavy atom. The Labute approximate surface area is 130 Å². The minimum Gasteiger partial charge on any atom is -0.497 e. The third-order valence-electron chi connectivity index (χ3n) is 4.91. The fourth-order valence-electron chi connectivity index (χ4n) is 3.60. The zero-order chi connectivity index (χ0) is 15.7. The molecule has 5 heteroatoms. The number of hydrogen-bond donors (Lipinski definition) is 0. The second-order valence-corrected chi connectivity index (χ2v) is 6.21. The Morgan fingerprint density at radius 2 is 2.23 bits per heavy atom. The van der Waals surface area contributed by atoms with Crippen LogP contribution in [0.25, 0.3) is 0 Å². The van der Waals surface area contributed by atoms with E-state index in [9.17, 15) is 9.18 Å². The Kier molecular flexibility index (Phi) is 4.34. The summed E-state index contributed by atoms with van der Waals surface area (Å²) in [6, 6.07) is 4.84. The Bertz CT molecular complexity index is 564. The predicted molar refractivity (Wildman–Crippen MR) is 82.1 cm³/mol. The molecule has 1 aromatic carbocycles. The van der Waals surface area contributed by atoms with E-state index in [4.69, 9.17) is 4.74 Å². The fourth-order valence-corrected chi connectivity index (χ4v) is 3.60. The van der Waals surface area contributed by atoms with Crippen LogP contribution in [0.5, 0.6) is 5.75 Å². The molecule has 1 aromatic rings. The van der Waals surface area contributed by atoms with Crippen LogP contribution < -0.4 is 4.74 Å². The van der Waals surface area contributed by atoms with Gasteiger partial charge in [-0.25, -0.2) is 4.39 Å². The number of halogens is 1. The highest BCUT2D eigenvalue weighted by Gasteiger charge is 2.40. The normalized spacial score (nSPS) is 25.4. The van der Waals surface area contributed by atoms with Crippen molar-refractivity contribution in [1.29, 1.82) is 0 Å². The number of rotatable bonds is 4. The topological polar surface area (TPSA) is 32.8 Å². The number of likely N-dealkylation sites (tertiary alicyclic amines) is 2. The standard InChI is InChI=1S/C17H23FN2O2/c1-3-19-10-12-6-7-20(16(8-12)17(19)21)11-13-4-5-14(22-2)9-15(13)18/h4-5,9,12,16H,3,6-8,10-11H2,1-2H3/t12-,16+/m0/s1. The highest BCUT2D eigenvalue weighted by molar-refractivity contribution is 5.83. The van der Waals surface area contributed by atoms with Gasteiger partial charge in [0, 0.05) is 31.3 Å². The van der Waals surface area contributed by atoms with Gasteiger partial charge in [-0.05, 0) is 38.3 Å². The maximum absolute atomic E-state index is 14.2. The molecule has 0 spiro atoms. The third-order valence-corrected chi connectivity index (χ3v) is 4.91. The lowest BCUT2D eigenvalue weighted by Gasteiger charge is -2.46. The zero-order valence-electron chi connectivity index (χ0n) is 13.2. The summed E-state index contributed by atoms with van der Waals surface area (Å²) < 4.78 is 19.2. The van der Waals surface area contributed by atoms with Crippen molar-refractivity contribution < 1.29 is 13.9 Å². The lowest BCUT2D eigenvalue weighted by molar-refractivity contribution is -0.145. The van der Waals surface area contributed by atoms with Crippen LogP contribution >= 0.6 is 0 Å². The van der Waals surface area contributed by atoms with Gasteiger partial charge in [0.25, 0.3) is 0 Å². The number of fused-ring (bicyclic) bond motifs is 2. The maximum atomic E-state index is 14.2. The van der Waals surface area contributed by atoms with E-state index in [2.05, 4.69) is 4.90 Å². The van der Waals surface area contributed by atoms with Crippen molar-refractivity contribution in [3.8, 4) is 5.75 Å². The molecule has 0 N–H and O–H groups in total. The number of likely N-dealkylation sites (N-methyl/N-ethyl adjacent to an activating group) is 1. The van der Waals surface area contributed by atoms with E-state index >= 15 is 0 Å². The van der Waals surface area contributed by atoms with Crippen molar-refractivity contribution in [1.82, 2.24) is 9.80 Å². The van der Waals surface area contributed by atoms with E-state index in [1.54, 1.807) is 12.1 Å². The molecule has 1 amide bonds. The molecule has 2 aliphatic rings. The van der Waals surface area contributed by atoms with Gasteiger partial charge >= 0.3 is 0 Å². The van der Waals surface area contributed by atoms with Crippen molar-refractivity contribution >= 4 is 5.91 Å². The molecule has 3 rings (SSSR count). The van der Waals surface area contributed by atoms with Gasteiger partial charge in [-0.3, -0.25) is 9.69 Å². The molecule has 2 aliphatic heterocycles. The summed E-state index contributed by atoms with van der Waals surface area (Å²) in [4.78, 5) is 16.6. The van der Waals surface area contributed by atoms with Crippen LogP contribution in [-0.2, 0) is 11.3 Å². The quantitative estimate of drug-likeness (QED) is 0.855. The smallest absolute Gasteiger partial charge is 0.239 e. The summed E-state index contributed by atoms with van der Waals surface area (Å²) in [6.45, 7) is 5.01. The first-order valence-corrected chi connectivity index (χ1v) is 7.97. The first kappa shape index (κ1) is 15.3. The minimum absolute atomic E-state index is 0.0889. The largest absolute Gasteiger partial charge is 0.497 e. The summed E-state index contributed by atoms with van der Waals surface area (Å²) in [7, 11) is 1.53. The average Bonchev–Trinajstić information content (AvgIpc) is 2.54. The predicted octanol–water partition coefficient (Wildman–Crippen LogP) is 2.28. The zero-order valence-corrected chi connectivity index (χ0v) is 13.2. The molecule has 4 nitrogen and oxygen atoms in total. The van der Waals surface area contributed by atoms with Crippen LogP contribution in [0.2, 0.25) is 0 Å². The molecule has 2 fully saturated rings.